The smallest absolute Gasteiger partial charge is 0.257 e. The van der Waals surface area contributed by atoms with Crippen LogP contribution in [0.2, 0.25) is 0 Å². The summed E-state index contributed by atoms with van der Waals surface area (Å²) >= 11 is 0. The lowest BCUT2D eigenvalue weighted by Crippen LogP contribution is -2.41. The van der Waals surface area contributed by atoms with Crippen molar-refractivity contribution >= 4 is 11.9 Å². The highest BCUT2D eigenvalue weighted by Crippen LogP contribution is 2.20. The van der Waals surface area contributed by atoms with E-state index >= 15 is 0 Å². The molecule has 0 aliphatic rings. The summed E-state index contributed by atoms with van der Waals surface area (Å²) < 4.78 is 1.50. The highest BCUT2D eigenvalue weighted by molar-refractivity contribution is 5.37. The minimum atomic E-state index is -0.463. The van der Waals surface area contributed by atoms with Crippen molar-refractivity contribution in [3.05, 3.63) is 18.5 Å². The molecule has 2 rings (SSSR count). The lowest BCUT2D eigenvalue weighted by Gasteiger charge is -2.30. The van der Waals surface area contributed by atoms with Crippen LogP contribution in [0.1, 0.15) is 26.7 Å². The van der Waals surface area contributed by atoms with E-state index in [1.807, 2.05) is 13.8 Å². The number of rotatable bonds is 6. The second kappa shape index (κ2) is 5.83. The normalized spacial score (nSPS) is 11.6. The van der Waals surface area contributed by atoms with E-state index < -0.39 is 5.54 Å². The number of nitrogens with zero attached hydrogens (tertiary/aromatic N) is 5. The molecular weight excluding hydrogens is 258 g/mol. The molecular formula is C12H19N7O. The van der Waals surface area contributed by atoms with Crippen molar-refractivity contribution < 1.29 is 5.11 Å². The minimum Gasteiger partial charge on any atom is -0.394 e. The summed E-state index contributed by atoms with van der Waals surface area (Å²) in [6.45, 7) is 3.97. The molecule has 2 aromatic rings. The van der Waals surface area contributed by atoms with Gasteiger partial charge in [-0.15, -0.1) is 0 Å². The lowest BCUT2D eigenvalue weighted by molar-refractivity contribution is 0.201. The molecule has 0 amide bonds. The van der Waals surface area contributed by atoms with E-state index in [1.165, 1.54) is 4.68 Å². The van der Waals surface area contributed by atoms with E-state index in [-0.39, 0.29) is 12.6 Å². The summed E-state index contributed by atoms with van der Waals surface area (Å²) in [5.74, 6) is 0.775. The fourth-order valence-corrected chi connectivity index (χ4v) is 1.85. The standard InChI is InChI=1S/C12H19N7O/c1-3-12(4-2,8-20)18-10-15-9(13)16-11(17-10)19-7-5-6-14-19/h5-7,20H,3-4,8H2,1-2H3,(H3,13,15,16,17,18). The molecule has 2 heterocycles. The van der Waals surface area contributed by atoms with Crippen LogP contribution in [-0.2, 0) is 0 Å². The zero-order valence-corrected chi connectivity index (χ0v) is 11.6. The van der Waals surface area contributed by atoms with Crippen LogP contribution in [0.3, 0.4) is 0 Å². The zero-order chi connectivity index (χ0) is 14.6. The number of nitrogens with one attached hydrogen (secondary N) is 1. The fourth-order valence-electron chi connectivity index (χ4n) is 1.85. The highest BCUT2D eigenvalue weighted by Gasteiger charge is 2.26. The van der Waals surface area contributed by atoms with E-state index in [2.05, 4.69) is 25.4 Å². The molecule has 0 unspecified atom stereocenters. The van der Waals surface area contributed by atoms with Gasteiger partial charge in [-0.1, -0.05) is 13.8 Å². The first-order valence-corrected chi connectivity index (χ1v) is 6.53. The van der Waals surface area contributed by atoms with E-state index in [0.717, 1.165) is 12.8 Å². The van der Waals surface area contributed by atoms with Gasteiger partial charge in [0.15, 0.2) is 0 Å². The van der Waals surface area contributed by atoms with Crippen LogP contribution in [0.5, 0.6) is 0 Å². The number of aliphatic hydroxyl groups is 1. The molecule has 0 atom stereocenters. The Hall–Kier alpha value is -2.22. The lowest BCUT2D eigenvalue weighted by atomic mass is 9.94. The highest BCUT2D eigenvalue weighted by atomic mass is 16.3. The van der Waals surface area contributed by atoms with Gasteiger partial charge in [0, 0.05) is 12.4 Å². The predicted molar refractivity (Wildman–Crippen MR) is 75.4 cm³/mol. The van der Waals surface area contributed by atoms with E-state index in [4.69, 9.17) is 5.73 Å². The Morgan fingerprint density at radius 2 is 2.05 bits per heavy atom. The first-order valence-electron chi connectivity index (χ1n) is 6.53. The van der Waals surface area contributed by atoms with Crippen molar-refractivity contribution in [3.8, 4) is 5.95 Å². The molecule has 108 valence electrons. The molecule has 20 heavy (non-hydrogen) atoms. The van der Waals surface area contributed by atoms with Crippen LogP contribution in [0, 0.1) is 0 Å². The van der Waals surface area contributed by atoms with Crippen molar-refractivity contribution in [2.75, 3.05) is 17.7 Å². The second-order valence-electron chi connectivity index (χ2n) is 4.54. The number of aromatic nitrogens is 5. The van der Waals surface area contributed by atoms with Gasteiger partial charge in [-0.3, -0.25) is 0 Å². The number of nitrogen functional groups attached to an aromatic ring is 1. The van der Waals surface area contributed by atoms with Gasteiger partial charge in [0.25, 0.3) is 5.95 Å². The van der Waals surface area contributed by atoms with Crippen molar-refractivity contribution in [3.63, 3.8) is 0 Å². The summed E-state index contributed by atoms with van der Waals surface area (Å²) in [5, 5.41) is 16.8. The van der Waals surface area contributed by atoms with Crippen LogP contribution in [0.25, 0.3) is 5.95 Å². The van der Waals surface area contributed by atoms with Crippen molar-refractivity contribution in [2.24, 2.45) is 0 Å². The molecule has 0 aromatic carbocycles. The molecule has 0 saturated carbocycles. The second-order valence-corrected chi connectivity index (χ2v) is 4.54. The minimum absolute atomic E-state index is 0.0112. The van der Waals surface area contributed by atoms with Crippen LogP contribution < -0.4 is 11.1 Å². The zero-order valence-electron chi connectivity index (χ0n) is 11.6. The quantitative estimate of drug-likeness (QED) is 0.708. The maximum atomic E-state index is 9.58. The van der Waals surface area contributed by atoms with Crippen molar-refractivity contribution in [1.82, 2.24) is 24.7 Å². The van der Waals surface area contributed by atoms with Crippen LogP contribution in [-0.4, -0.2) is 42.0 Å². The van der Waals surface area contributed by atoms with Gasteiger partial charge >= 0.3 is 0 Å². The first-order chi connectivity index (χ1) is 9.62. The van der Waals surface area contributed by atoms with Gasteiger partial charge in [0.05, 0.1) is 12.1 Å². The van der Waals surface area contributed by atoms with Crippen molar-refractivity contribution in [2.45, 2.75) is 32.2 Å². The van der Waals surface area contributed by atoms with Gasteiger partial charge in [-0.05, 0) is 18.9 Å². The maximum absolute atomic E-state index is 9.58. The summed E-state index contributed by atoms with van der Waals surface area (Å²) in [6, 6.07) is 1.77. The SMILES string of the molecule is CCC(CC)(CO)Nc1nc(N)nc(-n2cccn2)n1. The third-order valence-electron chi connectivity index (χ3n) is 3.38. The van der Waals surface area contributed by atoms with Crippen LogP contribution >= 0.6 is 0 Å². The number of hydrogen-bond acceptors (Lipinski definition) is 7. The Morgan fingerprint density at radius 3 is 2.60 bits per heavy atom. The third-order valence-corrected chi connectivity index (χ3v) is 3.38. The molecule has 0 saturated heterocycles. The predicted octanol–water partition coefficient (Wildman–Crippen LogP) is 0.602. The van der Waals surface area contributed by atoms with Gasteiger partial charge in [-0.2, -0.15) is 20.1 Å². The summed E-state index contributed by atoms with van der Waals surface area (Å²) in [6.07, 6.45) is 4.83. The monoisotopic (exact) mass is 277 g/mol. The molecule has 8 nitrogen and oxygen atoms in total. The molecule has 0 fully saturated rings. The third kappa shape index (κ3) is 2.85. The summed E-state index contributed by atoms with van der Waals surface area (Å²) in [5.41, 5.74) is 5.24. The Balaban J connectivity index is 2.33. The Labute approximate surface area is 117 Å². The molecule has 0 spiro atoms. The van der Waals surface area contributed by atoms with Gasteiger partial charge in [0.2, 0.25) is 11.9 Å². The first kappa shape index (κ1) is 14.2. The molecule has 0 aliphatic carbocycles. The Morgan fingerprint density at radius 1 is 1.30 bits per heavy atom. The van der Waals surface area contributed by atoms with Gasteiger partial charge < -0.3 is 16.2 Å². The van der Waals surface area contributed by atoms with Crippen LogP contribution in [0.4, 0.5) is 11.9 Å². The van der Waals surface area contributed by atoms with E-state index in [1.54, 1.807) is 18.5 Å². The summed E-state index contributed by atoms with van der Waals surface area (Å²) in [7, 11) is 0. The van der Waals surface area contributed by atoms with Crippen LogP contribution in [0.15, 0.2) is 18.5 Å². The summed E-state index contributed by atoms with van der Waals surface area (Å²) in [4.78, 5) is 12.4. The number of hydrogen-bond donors (Lipinski definition) is 3. The number of anilines is 2. The van der Waals surface area contributed by atoms with E-state index in [0.29, 0.717) is 11.9 Å². The molecule has 8 heteroatoms. The van der Waals surface area contributed by atoms with Gasteiger partial charge in [0.1, 0.15) is 0 Å². The molecule has 4 N–H and O–H groups in total. The Bertz CT molecular complexity index is 543. The number of nitrogens with two attached hydrogens (primary N) is 1. The van der Waals surface area contributed by atoms with Gasteiger partial charge in [-0.25, -0.2) is 4.68 Å². The molecule has 0 radical (unpaired) electrons. The average molecular weight is 277 g/mol. The Kier molecular flexibility index (Phi) is 4.14. The average Bonchev–Trinajstić information content (AvgIpc) is 2.98. The molecule has 0 aliphatic heterocycles. The number of aliphatic hydroxyl groups excluding tert-OH is 1. The topological polar surface area (TPSA) is 115 Å². The molecule has 0 bridgehead atoms. The maximum Gasteiger partial charge on any atom is 0.257 e. The fraction of sp³-hybridized carbons (Fsp3) is 0.500. The molecule has 2 aromatic heterocycles. The van der Waals surface area contributed by atoms with E-state index in [9.17, 15) is 5.11 Å². The van der Waals surface area contributed by atoms with Crippen molar-refractivity contribution in [1.29, 1.82) is 0 Å². The largest absolute Gasteiger partial charge is 0.394 e.